The SMILES string of the molecule is C[CH]([Zn])C(C)(C)C. The second-order valence-corrected chi connectivity index (χ2v) is 5.84. The summed E-state index contributed by atoms with van der Waals surface area (Å²) in [5.41, 5.74) is 0.556. The van der Waals surface area contributed by atoms with E-state index in [1.54, 1.807) is 0 Å². The van der Waals surface area contributed by atoms with E-state index in [1.165, 1.54) is 18.3 Å². The Labute approximate surface area is 56.4 Å². The van der Waals surface area contributed by atoms with Crippen molar-refractivity contribution in [2.24, 2.45) is 5.41 Å². The molecule has 0 amide bonds. The Hall–Kier alpha value is 0.623. The molecule has 0 spiro atoms. The normalized spacial score (nSPS) is 16.9. The Morgan fingerprint density at radius 1 is 1.29 bits per heavy atom. The fourth-order valence-corrected chi connectivity index (χ4v) is 0. The van der Waals surface area contributed by atoms with Crippen LogP contribution in [0.25, 0.3) is 0 Å². The van der Waals surface area contributed by atoms with E-state index < -0.39 is 0 Å². The molecule has 0 radical (unpaired) electrons. The van der Waals surface area contributed by atoms with Crippen molar-refractivity contribution in [2.45, 2.75) is 32.2 Å². The quantitative estimate of drug-likeness (QED) is 0.465. The van der Waals surface area contributed by atoms with Crippen LogP contribution in [0, 0.1) is 5.41 Å². The van der Waals surface area contributed by atoms with Gasteiger partial charge in [0.05, 0.1) is 0 Å². The predicted octanol–water partition coefficient (Wildman–Crippen LogP) is 2.39. The van der Waals surface area contributed by atoms with Gasteiger partial charge in [-0.3, -0.25) is 0 Å². The number of hydrogen-bond acceptors (Lipinski definition) is 0. The van der Waals surface area contributed by atoms with Gasteiger partial charge in [-0.25, -0.2) is 0 Å². The molecule has 0 aliphatic rings. The van der Waals surface area contributed by atoms with E-state index >= 15 is 0 Å². The molecule has 1 unspecified atom stereocenters. The Kier molecular flexibility index (Phi) is 2.46. The van der Waals surface area contributed by atoms with Gasteiger partial charge in [-0.1, -0.05) is 0 Å². The van der Waals surface area contributed by atoms with Gasteiger partial charge < -0.3 is 0 Å². The maximum absolute atomic E-state index is 2.31. The third-order valence-corrected chi connectivity index (χ3v) is 4.05. The molecule has 0 fully saturated rings. The van der Waals surface area contributed by atoms with E-state index in [4.69, 9.17) is 0 Å². The van der Waals surface area contributed by atoms with Crippen molar-refractivity contribution in [1.29, 1.82) is 0 Å². The first-order valence-corrected chi connectivity index (χ1v) is 4.49. The zero-order valence-electron chi connectivity index (χ0n) is 5.78. The van der Waals surface area contributed by atoms with Gasteiger partial charge in [0, 0.05) is 0 Å². The van der Waals surface area contributed by atoms with E-state index in [2.05, 4.69) is 27.7 Å². The Morgan fingerprint density at radius 2 is 1.43 bits per heavy atom. The standard InChI is InChI=1S/C6H13.Zn/c1-5-6(2,3)4;/h5H,1-4H3;. The summed E-state index contributed by atoms with van der Waals surface area (Å²) in [7, 11) is 0. The van der Waals surface area contributed by atoms with Crippen molar-refractivity contribution in [2.75, 3.05) is 0 Å². The van der Waals surface area contributed by atoms with Gasteiger partial charge in [-0.2, -0.15) is 0 Å². The van der Waals surface area contributed by atoms with Crippen LogP contribution >= 0.6 is 0 Å². The summed E-state index contributed by atoms with van der Waals surface area (Å²) in [6.07, 6.45) is 0. The summed E-state index contributed by atoms with van der Waals surface area (Å²) in [6.45, 7) is 9.18. The van der Waals surface area contributed by atoms with E-state index in [-0.39, 0.29) is 0 Å². The summed E-state index contributed by atoms with van der Waals surface area (Å²) < 4.78 is 0.924. The van der Waals surface area contributed by atoms with Crippen LogP contribution in [-0.4, -0.2) is 0 Å². The maximum atomic E-state index is 2.31. The molecule has 0 aliphatic carbocycles. The topological polar surface area (TPSA) is 0 Å². The van der Waals surface area contributed by atoms with Crippen LogP contribution < -0.4 is 0 Å². The van der Waals surface area contributed by atoms with Crippen LogP contribution in [0.15, 0.2) is 0 Å². The molecule has 0 nitrogen and oxygen atoms in total. The van der Waals surface area contributed by atoms with Crippen LogP contribution in [-0.2, 0) is 18.3 Å². The molecule has 0 heterocycles. The van der Waals surface area contributed by atoms with Gasteiger partial charge in [0.25, 0.3) is 0 Å². The molecule has 0 aromatic rings. The molecule has 0 aromatic carbocycles. The van der Waals surface area contributed by atoms with Crippen LogP contribution in [0.2, 0.25) is 4.51 Å². The van der Waals surface area contributed by atoms with E-state index in [0.29, 0.717) is 5.41 Å². The fraction of sp³-hybridized carbons (Fsp3) is 1.00. The van der Waals surface area contributed by atoms with Gasteiger partial charge in [0.2, 0.25) is 0 Å². The summed E-state index contributed by atoms with van der Waals surface area (Å²) in [5, 5.41) is 0. The molecule has 0 aromatic heterocycles. The van der Waals surface area contributed by atoms with Crippen LogP contribution in [0.3, 0.4) is 0 Å². The Morgan fingerprint density at radius 3 is 1.43 bits per heavy atom. The van der Waals surface area contributed by atoms with Crippen LogP contribution in [0.1, 0.15) is 27.7 Å². The summed E-state index contributed by atoms with van der Waals surface area (Å²) in [4.78, 5) is 0. The fourth-order valence-electron chi connectivity index (χ4n) is 0. The Bertz CT molecular complexity index is 49.7. The van der Waals surface area contributed by atoms with Gasteiger partial charge in [0.1, 0.15) is 0 Å². The number of hydrogen-bond donors (Lipinski definition) is 0. The second-order valence-electron chi connectivity index (χ2n) is 3.27. The average molecular weight is 151 g/mol. The minimum atomic E-state index is 0.556. The molecular weight excluding hydrogens is 137 g/mol. The van der Waals surface area contributed by atoms with Crippen molar-refractivity contribution in [3.8, 4) is 0 Å². The predicted molar refractivity (Wildman–Crippen MR) is 28.9 cm³/mol. The molecule has 0 aliphatic heterocycles. The monoisotopic (exact) mass is 149 g/mol. The van der Waals surface area contributed by atoms with Crippen molar-refractivity contribution >= 4 is 0 Å². The van der Waals surface area contributed by atoms with Crippen molar-refractivity contribution in [3.63, 3.8) is 0 Å². The molecule has 1 atom stereocenters. The minimum absolute atomic E-state index is 0.556. The molecule has 0 N–H and O–H groups in total. The Balaban J connectivity index is 3.54. The summed E-state index contributed by atoms with van der Waals surface area (Å²) in [5.74, 6) is 0. The van der Waals surface area contributed by atoms with Crippen LogP contribution in [0.4, 0.5) is 0 Å². The van der Waals surface area contributed by atoms with Crippen molar-refractivity contribution in [3.05, 3.63) is 0 Å². The van der Waals surface area contributed by atoms with Gasteiger partial charge in [-0.15, -0.1) is 0 Å². The van der Waals surface area contributed by atoms with Crippen molar-refractivity contribution < 1.29 is 18.3 Å². The first kappa shape index (κ1) is 7.62. The molecule has 7 heavy (non-hydrogen) atoms. The van der Waals surface area contributed by atoms with Gasteiger partial charge in [0.15, 0.2) is 0 Å². The van der Waals surface area contributed by atoms with Crippen molar-refractivity contribution in [1.82, 2.24) is 0 Å². The summed E-state index contributed by atoms with van der Waals surface area (Å²) in [6, 6.07) is 0. The molecule has 1 heteroatoms. The second kappa shape index (κ2) is 2.26. The van der Waals surface area contributed by atoms with Gasteiger partial charge >= 0.3 is 55.9 Å². The van der Waals surface area contributed by atoms with E-state index in [0.717, 1.165) is 4.51 Å². The molecule has 0 saturated heterocycles. The zero-order valence-corrected chi connectivity index (χ0v) is 8.75. The molecular formula is C6H13Zn. The zero-order chi connectivity index (χ0) is 6.08. The molecule has 39 valence electrons. The summed E-state index contributed by atoms with van der Waals surface area (Å²) >= 11 is 1.42. The van der Waals surface area contributed by atoms with Gasteiger partial charge in [-0.05, 0) is 0 Å². The average Bonchev–Trinajstić information content (AvgIpc) is 1.31. The first-order chi connectivity index (χ1) is 2.94. The molecule has 0 bridgehead atoms. The third-order valence-electron chi connectivity index (χ3n) is 1.48. The first-order valence-electron chi connectivity index (χ1n) is 2.77. The number of rotatable bonds is 0. The molecule has 0 rings (SSSR count). The third kappa shape index (κ3) is 3.23. The van der Waals surface area contributed by atoms with E-state index in [1.807, 2.05) is 0 Å². The molecule has 0 saturated carbocycles. The van der Waals surface area contributed by atoms with Crippen LogP contribution in [0.5, 0.6) is 0 Å². The van der Waals surface area contributed by atoms with E-state index in [9.17, 15) is 0 Å².